The molecular weight excluding hydrogens is 451 g/mol. The van der Waals surface area contributed by atoms with Crippen LogP contribution in [-0.2, 0) is 0 Å². The molecule has 1 N–H and O–H groups in total. The number of nitrogens with one attached hydrogen (secondary N) is 1. The predicted octanol–water partition coefficient (Wildman–Crippen LogP) is 7.49. The molecule has 1 heterocycles. The minimum atomic E-state index is 0.108. The third-order valence-corrected chi connectivity index (χ3v) is 5.98. The van der Waals surface area contributed by atoms with E-state index in [9.17, 15) is 0 Å². The van der Waals surface area contributed by atoms with Crippen LogP contribution in [0.25, 0.3) is 28.1 Å². The van der Waals surface area contributed by atoms with E-state index in [0.29, 0.717) is 10.0 Å². The summed E-state index contributed by atoms with van der Waals surface area (Å²) in [5.41, 5.74) is 6.15. The van der Waals surface area contributed by atoms with Gasteiger partial charge in [0.15, 0.2) is 0 Å². The molecular formula is C27H22Cl2N4. The molecule has 3 aromatic carbocycles. The predicted molar refractivity (Wildman–Crippen MR) is 138 cm³/mol. The highest BCUT2D eigenvalue weighted by molar-refractivity contribution is 6.33. The fraction of sp³-hybridized carbons (Fsp3) is 0.111. The lowest BCUT2D eigenvalue weighted by atomic mass is 10.1. The molecule has 1 aliphatic heterocycles. The van der Waals surface area contributed by atoms with Gasteiger partial charge in [0.1, 0.15) is 0 Å². The maximum absolute atomic E-state index is 6.65. The van der Waals surface area contributed by atoms with E-state index in [2.05, 4.69) is 35.9 Å². The molecule has 164 valence electrons. The number of hydrogen-bond donors (Lipinski definition) is 1. The molecule has 0 saturated carbocycles. The molecule has 0 radical (unpaired) electrons. The van der Waals surface area contributed by atoms with Crippen LogP contribution in [0.1, 0.15) is 13.8 Å². The van der Waals surface area contributed by atoms with Crippen molar-refractivity contribution in [2.75, 3.05) is 5.32 Å². The van der Waals surface area contributed by atoms with Gasteiger partial charge in [-0.2, -0.15) is 0 Å². The van der Waals surface area contributed by atoms with Crippen LogP contribution in [-0.4, -0.2) is 15.6 Å². The Kier molecular flexibility index (Phi) is 5.79. The Morgan fingerprint density at radius 1 is 0.818 bits per heavy atom. The SMILES string of the molecule is CC(C)N=c1cc2n(-c3ccccc3Cl)c3ccccc3nc-2cc1Nc1ccccc1Cl. The van der Waals surface area contributed by atoms with Crippen LogP contribution in [0.2, 0.25) is 10.0 Å². The van der Waals surface area contributed by atoms with Crippen LogP contribution < -0.4 is 10.7 Å². The summed E-state index contributed by atoms with van der Waals surface area (Å²) in [5.74, 6) is 0. The van der Waals surface area contributed by atoms with E-state index in [1.54, 1.807) is 0 Å². The normalized spacial score (nSPS) is 12.1. The quantitative estimate of drug-likeness (QED) is 0.275. The van der Waals surface area contributed by atoms with Crippen molar-refractivity contribution >= 4 is 45.6 Å². The topological polar surface area (TPSA) is 42.2 Å². The molecule has 6 heteroatoms. The smallest absolute Gasteiger partial charge is 0.0900 e. The van der Waals surface area contributed by atoms with E-state index >= 15 is 0 Å². The average Bonchev–Trinajstić information content (AvgIpc) is 2.80. The van der Waals surface area contributed by atoms with E-state index in [-0.39, 0.29) is 6.04 Å². The van der Waals surface area contributed by atoms with Gasteiger partial charge in [0, 0.05) is 6.04 Å². The molecule has 0 aromatic heterocycles. The fourth-order valence-corrected chi connectivity index (χ4v) is 4.33. The molecule has 0 unspecified atom stereocenters. The maximum atomic E-state index is 6.65. The molecule has 0 bridgehead atoms. The second kappa shape index (κ2) is 8.89. The number of anilines is 2. The molecule has 0 saturated heterocycles. The van der Waals surface area contributed by atoms with Crippen LogP contribution in [0.4, 0.5) is 11.4 Å². The summed E-state index contributed by atoms with van der Waals surface area (Å²) in [6.07, 6.45) is 0. The number of para-hydroxylation sites is 4. The van der Waals surface area contributed by atoms with E-state index in [1.165, 1.54) is 0 Å². The monoisotopic (exact) mass is 472 g/mol. The van der Waals surface area contributed by atoms with Crippen LogP contribution >= 0.6 is 23.2 Å². The Hall–Kier alpha value is -3.34. The van der Waals surface area contributed by atoms with E-state index in [0.717, 1.165) is 44.8 Å². The van der Waals surface area contributed by atoms with E-state index in [1.807, 2.05) is 72.8 Å². The van der Waals surface area contributed by atoms with Gasteiger partial charge in [0.05, 0.1) is 54.9 Å². The van der Waals surface area contributed by atoms with Gasteiger partial charge < -0.3 is 9.88 Å². The highest BCUT2D eigenvalue weighted by atomic mass is 35.5. The van der Waals surface area contributed by atoms with E-state index in [4.69, 9.17) is 33.2 Å². The van der Waals surface area contributed by atoms with Gasteiger partial charge in [-0.1, -0.05) is 59.6 Å². The third-order valence-electron chi connectivity index (χ3n) is 5.33. The van der Waals surface area contributed by atoms with Crippen molar-refractivity contribution in [2.24, 2.45) is 4.99 Å². The zero-order valence-corrected chi connectivity index (χ0v) is 19.8. The number of hydrogen-bond acceptors (Lipinski definition) is 3. The Morgan fingerprint density at radius 3 is 2.27 bits per heavy atom. The largest absolute Gasteiger partial charge is 0.352 e. The van der Waals surface area contributed by atoms with Crippen LogP contribution in [0.5, 0.6) is 0 Å². The van der Waals surface area contributed by atoms with Gasteiger partial charge in [-0.15, -0.1) is 0 Å². The number of halogens is 2. The first-order valence-corrected chi connectivity index (χ1v) is 11.5. The molecule has 5 rings (SSSR count). The van der Waals surface area contributed by atoms with Crippen molar-refractivity contribution in [3.8, 4) is 17.1 Å². The Labute approximate surface area is 202 Å². The van der Waals surface area contributed by atoms with Crippen molar-refractivity contribution in [1.29, 1.82) is 0 Å². The molecule has 0 amide bonds. The molecule has 0 spiro atoms. The standard InChI is InChI=1S/C27H22Cl2N4/c1-17(2)30-23-16-27-24(15-22(23)31-20-11-5-3-9-18(20)28)32-21-12-6-8-14-26(21)33(27)25-13-7-4-10-19(25)29/h3-17,31H,1-2H3. The maximum Gasteiger partial charge on any atom is 0.0900 e. The molecule has 0 atom stereocenters. The highest BCUT2D eigenvalue weighted by Gasteiger charge is 2.18. The summed E-state index contributed by atoms with van der Waals surface area (Å²) >= 11 is 13.1. The second-order valence-electron chi connectivity index (χ2n) is 8.07. The lowest BCUT2D eigenvalue weighted by Gasteiger charge is -2.21. The van der Waals surface area contributed by atoms with Crippen molar-refractivity contribution in [1.82, 2.24) is 9.55 Å². The molecule has 1 aliphatic carbocycles. The van der Waals surface area contributed by atoms with Gasteiger partial charge in [-0.25, -0.2) is 4.98 Å². The summed E-state index contributed by atoms with van der Waals surface area (Å²) in [6.45, 7) is 4.12. The summed E-state index contributed by atoms with van der Waals surface area (Å²) in [4.78, 5) is 9.85. The Morgan fingerprint density at radius 2 is 1.52 bits per heavy atom. The molecule has 3 aromatic rings. The lowest BCUT2D eigenvalue weighted by Crippen LogP contribution is -2.16. The van der Waals surface area contributed by atoms with Crippen LogP contribution in [0.3, 0.4) is 0 Å². The average molecular weight is 473 g/mol. The van der Waals surface area contributed by atoms with Gasteiger partial charge >= 0.3 is 0 Å². The number of nitrogens with zero attached hydrogens (tertiary/aromatic N) is 3. The first-order chi connectivity index (χ1) is 16.0. The number of benzene rings is 4. The first kappa shape index (κ1) is 21.5. The Balaban J connectivity index is 1.85. The minimum absolute atomic E-state index is 0.108. The van der Waals surface area contributed by atoms with Crippen molar-refractivity contribution in [2.45, 2.75) is 19.9 Å². The lowest BCUT2D eigenvalue weighted by molar-refractivity contribution is 0.806. The van der Waals surface area contributed by atoms with E-state index < -0.39 is 0 Å². The third kappa shape index (κ3) is 4.20. The van der Waals surface area contributed by atoms with Gasteiger partial charge in [0.2, 0.25) is 0 Å². The van der Waals surface area contributed by atoms with Crippen molar-refractivity contribution in [3.63, 3.8) is 0 Å². The second-order valence-corrected chi connectivity index (χ2v) is 8.89. The summed E-state index contributed by atoms with van der Waals surface area (Å²) in [5, 5.41) is 5.60. The molecule has 2 aliphatic rings. The highest BCUT2D eigenvalue weighted by Crippen LogP contribution is 2.33. The molecule has 4 nitrogen and oxygen atoms in total. The first-order valence-electron chi connectivity index (χ1n) is 10.8. The fourth-order valence-electron chi connectivity index (χ4n) is 3.93. The number of fused-ring (bicyclic) bond motifs is 2. The Bertz CT molecular complexity index is 1500. The molecule has 0 fully saturated rings. The summed E-state index contributed by atoms with van der Waals surface area (Å²) < 4.78 is 2.15. The van der Waals surface area contributed by atoms with Crippen molar-refractivity contribution < 1.29 is 0 Å². The number of rotatable bonds is 4. The summed E-state index contributed by atoms with van der Waals surface area (Å²) in [7, 11) is 0. The summed E-state index contributed by atoms with van der Waals surface area (Å²) in [6, 6.07) is 27.8. The van der Waals surface area contributed by atoms with Gasteiger partial charge in [-0.05, 0) is 62.4 Å². The van der Waals surface area contributed by atoms with Crippen LogP contribution in [0, 0.1) is 0 Å². The zero-order chi connectivity index (χ0) is 22.9. The van der Waals surface area contributed by atoms with Crippen LogP contribution in [0.15, 0.2) is 89.9 Å². The molecule has 33 heavy (non-hydrogen) atoms. The van der Waals surface area contributed by atoms with Gasteiger partial charge in [0.25, 0.3) is 0 Å². The number of aromatic nitrogens is 2. The van der Waals surface area contributed by atoms with Gasteiger partial charge in [-0.3, -0.25) is 4.99 Å². The zero-order valence-electron chi connectivity index (χ0n) is 18.3. The minimum Gasteiger partial charge on any atom is -0.352 e. The van der Waals surface area contributed by atoms with Crippen molar-refractivity contribution in [3.05, 3.63) is 100 Å².